The van der Waals surface area contributed by atoms with Crippen LogP contribution < -0.4 is 0 Å². The van der Waals surface area contributed by atoms with Gasteiger partial charge < -0.3 is 24.3 Å². The molecular weight excluding hydrogens is 418 g/mol. The van der Waals surface area contributed by atoms with Crippen LogP contribution in [0.2, 0.25) is 0 Å². The number of aliphatic hydroxyl groups excluding tert-OH is 2. The third-order valence-electron chi connectivity index (χ3n) is 4.18. The molecule has 1 aromatic heterocycles. The lowest BCUT2D eigenvalue weighted by molar-refractivity contribution is -0.140. The zero-order valence-corrected chi connectivity index (χ0v) is 15.9. The molecule has 1 unspecified atom stereocenters. The minimum atomic E-state index is -0.846. The van der Waals surface area contributed by atoms with Crippen LogP contribution in [0, 0.1) is 0 Å². The molecule has 1 aliphatic heterocycles. The molecule has 1 atom stereocenters. The Balaban J connectivity index is 2.00. The summed E-state index contributed by atoms with van der Waals surface area (Å²) >= 11 is 3.32. The molecule has 2 N–H and O–H groups in total. The summed E-state index contributed by atoms with van der Waals surface area (Å²) in [5, 5.41) is 19.6. The van der Waals surface area contributed by atoms with Crippen molar-refractivity contribution in [1.82, 2.24) is 4.90 Å². The van der Waals surface area contributed by atoms with Crippen molar-refractivity contribution in [3.8, 4) is 0 Å². The van der Waals surface area contributed by atoms with E-state index in [1.54, 1.807) is 36.4 Å². The van der Waals surface area contributed by atoms with Crippen molar-refractivity contribution in [2.45, 2.75) is 6.04 Å². The number of hydrogen-bond acceptors (Lipinski definition) is 6. The average molecular weight is 436 g/mol. The number of amides is 1. The average Bonchev–Trinajstić information content (AvgIpc) is 3.27. The number of halogens is 1. The molecule has 2 aromatic rings. The molecule has 0 spiro atoms. The number of Topliss-reactive ketones (excluding diaryl/α,β-unsaturated/α-hetero) is 1. The van der Waals surface area contributed by atoms with E-state index in [4.69, 9.17) is 14.3 Å². The quantitative estimate of drug-likeness (QED) is 0.300. The molecule has 0 radical (unpaired) electrons. The number of furan rings is 1. The highest BCUT2D eigenvalue weighted by atomic mass is 79.9. The molecule has 0 bridgehead atoms. The van der Waals surface area contributed by atoms with Crippen LogP contribution in [0.1, 0.15) is 17.4 Å². The van der Waals surface area contributed by atoms with E-state index in [0.29, 0.717) is 11.3 Å². The number of ketones is 1. The fraction of sp³-hybridized carbons (Fsp3) is 0.263. The Hall–Kier alpha value is -2.42. The van der Waals surface area contributed by atoms with Crippen molar-refractivity contribution in [3.05, 3.63) is 64.0 Å². The summed E-state index contributed by atoms with van der Waals surface area (Å²) in [6, 6.07) is 9.21. The van der Waals surface area contributed by atoms with Gasteiger partial charge in [-0.15, -0.1) is 0 Å². The number of nitrogens with zero attached hydrogens (tertiary/aromatic N) is 1. The van der Waals surface area contributed by atoms with Crippen molar-refractivity contribution < 1.29 is 29.0 Å². The molecule has 2 heterocycles. The highest BCUT2D eigenvalue weighted by Crippen LogP contribution is 2.39. The molecule has 1 aromatic carbocycles. The molecular formula is C19H18BrNO6. The van der Waals surface area contributed by atoms with Crippen LogP contribution in [0.15, 0.2) is 57.1 Å². The van der Waals surface area contributed by atoms with Gasteiger partial charge >= 0.3 is 0 Å². The van der Waals surface area contributed by atoms with Crippen LogP contribution in [0.4, 0.5) is 0 Å². The smallest absolute Gasteiger partial charge is 0.295 e. The lowest BCUT2D eigenvalue weighted by Gasteiger charge is -2.23. The molecule has 8 heteroatoms. The maximum Gasteiger partial charge on any atom is 0.295 e. The number of benzene rings is 1. The van der Waals surface area contributed by atoms with Gasteiger partial charge in [0.15, 0.2) is 0 Å². The van der Waals surface area contributed by atoms with E-state index < -0.39 is 17.7 Å². The predicted molar refractivity (Wildman–Crippen MR) is 99.8 cm³/mol. The number of carbonyl (C=O) groups is 2. The van der Waals surface area contributed by atoms with Crippen molar-refractivity contribution in [2.24, 2.45) is 0 Å². The zero-order chi connectivity index (χ0) is 19.4. The van der Waals surface area contributed by atoms with Crippen molar-refractivity contribution in [3.63, 3.8) is 0 Å². The number of rotatable bonds is 7. The first-order chi connectivity index (χ1) is 13.0. The van der Waals surface area contributed by atoms with Crippen LogP contribution in [-0.2, 0) is 14.3 Å². The van der Waals surface area contributed by atoms with Gasteiger partial charge in [0.25, 0.3) is 11.7 Å². The van der Waals surface area contributed by atoms with E-state index in [1.807, 2.05) is 0 Å². The Kier molecular flexibility index (Phi) is 6.10. The lowest BCUT2D eigenvalue weighted by atomic mass is 9.99. The summed E-state index contributed by atoms with van der Waals surface area (Å²) in [6.07, 6.45) is 1.44. The highest BCUT2D eigenvalue weighted by Gasteiger charge is 2.47. The van der Waals surface area contributed by atoms with E-state index in [1.165, 1.54) is 11.2 Å². The summed E-state index contributed by atoms with van der Waals surface area (Å²) in [5.74, 6) is -1.40. The second-order valence-corrected chi connectivity index (χ2v) is 6.77. The molecule has 0 saturated carbocycles. The summed E-state index contributed by atoms with van der Waals surface area (Å²) < 4.78 is 11.5. The fourth-order valence-electron chi connectivity index (χ4n) is 2.95. The Morgan fingerprint density at radius 1 is 1.19 bits per heavy atom. The van der Waals surface area contributed by atoms with Crippen LogP contribution in [0.5, 0.6) is 0 Å². The standard InChI is InChI=1S/C19H18BrNO6/c20-13-5-3-12(4-6-13)17(23)15-16(14-2-1-9-27-14)21(19(25)18(15)24)7-10-26-11-8-22/h1-6,9,16,22-23H,7-8,10-11H2/b17-15+. The Labute approximate surface area is 164 Å². The summed E-state index contributed by atoms with van der Waals surface area (Å²) in [7, 11) is 0. The molecule has 1 amide bonds. The Morgan fingerprint density at radius 3 is 2.56 bits per heavy atom. The van der Waals surface area contributed by atoms with Gasteiger partial charge in [0, 0.05) is 16.6 Å². The van der Waals surface area contributed by atoms with Crippen LogP contribution in [0.25, 0.3) is 5.76 Å². The number of hydrogen-bond donors (Lipinski definition) is 2. The van der Waals surface area contributed by atoms with Gasteiger partial charge in [0.05, 0.1) is 31.7 Å². The van der Waals surface area contributed by atoms with E-state index in [9.17, 15) is 14.7 Å². The maximum absolute atomic E-state index is 12.7. The molecule has 0 aliphatic carbocycles. The first-order valence-electron chi connectivity index (χ1n) is 8.31. The second-order valence-electron chi connectivity index (χ2n) is 5.85. The van der Waals surface area contributed by atoms with E-state index >= 15 is 0 Å². The van der Waals surface area contributed by atoms with E-state index in [2.05, 4.69) is 15.9 Å². The lowest BCUT2D eigenvalue weighted by Crippen LogP contribution is -2.33. The maximum atomic E-state index is 12.7. The Morgan fingerprint density at radius 2 is 1.93 bits per heavy atom. The molecule has 3 rings (SSSR count). The van der Waals surface area contributed by atoms with Crippen LogP contribution in [0.3, 0.4) is 0 Å². The molecule has 27 heavy (non-hydrogen) atoms. The van der Waals surface area contributed by atoms with E-state index in [-0.39, 0.29) is 37.7 Å². The zero-order valence-electron chi connectivity index (χ0n) is 14.3. The third kappa shape index (κ3) is 3.97. The normalized spacial score (nSPS) is 19.0. The van der Waals surface area contributed by atoms with Crippen molar-refractivity contribution in [1.29, 1.82) is 0 Å². The second kappa shape index (κ2) is 8.51. The molecule has 1 saturated heterocycles. The fourth-order valence-corrected chi connectivity index (χ4v) is 3.21. The van der Waals surface area contributed by atoms with Gasteiger partial charge in [-0.05, 0) is 24.3 Å². The first-order valence-corrected chi connectivity index (χ1v) is 9.10. The van der Waals surface area contributed by atoms with Gasteiger partial charge in [-0.3, -0.25) is 9.59 Å². The van der Waals surface area contributed by atoms with Gasteiger partial charge in [0.2, 0.25) is 0 Å². The molecule has 7 nitrogen and oxygen atoms in total. The largest absolute Gasteiger partial charge is 0.507 e. The number of ether oxygens (including phenoxy) is 1. The summed E-state index contributed by atoms with van der Waals surface area (Å²) in [4.78, 5) is 26.5. The highest BCUT2D eigenvalue weighted by molar-refractivity contribution is 9.10. The summed E-state index contributed by atoms with van der Waals surface area (Å²) in [5.41, 5.74) is 0.392. The molecule has 1 aliphatic rings. The minimum Gasteiger partial charge on any atom is -0.507 e. The third-order valence-corrected chi connectivity index (χ3v) is 4.71. The number of aliphatic hydroxyl groups is 2. The molecule has 1 fully saturated rings. The number of carbonyl (C=O) groups excluding carboxylic acids is 2. The van der Waals surface area contributed by atoms with Crippen LogP contribution in [-0.4, -0.2) is 53.2 Å². The van der Waals surface area contributed by atoms with E-state index in [0.717, 1.165) is 4.47 Å². The predicted octanol–water partition coefficient (Wildman–Crippen LogP) is 2.47. The topological polar surface area (TPSA) is 100 Å². The number of likely N-dealkylation sites (tertiary alicyclic amines) is 1. The van der Waals surface area contributed by atoms with Gasteiger partial charge in [-0.25, -0.2) is 0 Å². The SMILES string of the molecule is O=C1C(=O)N(CCOCCO)C(c2ccco2)/C1=C(\O)c1ccc(Br)cc1. The van der Waals surface area contributed by atoms with Crippen LogP contribution >= 0.6 is 15.9 Å². The Bertz CT molecular complexity index is 844. The van der Waals surface area contributed by atoms with Gasteiger partial charge in [-0.1, -0.05) is 28.1 Å². The van der Waals surface area contributed by atoms with Gasteiger partial charge in [-0.2, -0.15) is 0 Å². The first kappa shape index (κ1) is 19.3. The van der Waals surface area contributed by atoms with Gasteiger partial charge in [0.1, 0.15) is 17.6 Å². The van der Waals surface area contributed by atoms with Crippen molar-refractivity contribution >= 4 is 33.4 Å². The van der Waals surface area contributed by atoms with Crippen molar-refractivity contribution in [2.75, 3.05) is 26.4 Å². The minimum absolute atomic E-state index is 0.0283. The monoisotopic (exact) mass is 435 g/mol. The summed E-state index contributed by atoms with van der Waals surface area (Å²) in [6.45, 7) is 0.258. The molecule has 142 valence electrons.